The molecule has 0 radical (unpaired) electrons. The van der Waals surface area contributed by atoms with E-state index in [1.54, 1.807) is 0 Å². The van der Waals surface area contributed by atoms with Crippen LogP contribution in [-0.4, -0.2) is 101 Å². The van der Waals surface area contributed by atoms with Crippen molar-refractivity contribution in [3.8, 4) is 0 Å². The van der Waals surface area contributed by atoms with Gasteiger partial charge in [0.25, 0.3) is 22.7 Å². The zero-order valence-electron chi connectivity index (χ0n) is 30.7. The van der Waals surface area contributed by atoms with Gasteiger partial charge in [0.1, 0.15) is 0 Å². The molecule has 0 aromatic heterocycles. The number of rotatable bonds is 23. The number of nitro groups is 4. The van der Waals surface area contributed by atoms with Crippen molar-refractivity contribution in [2.75, 3.05) is 39.3 Å². The van der Waals surface area contributed by atoms with Gasteiger partial charge in [-0.25, -0.2) is 43.1 Å². The Morgan fingerprint density at radius 2 is 0.617 bits per heavy atom. The molecule has 0 spiro atoms. The lowest BCUT2D eigenvalue weighted by molar-refractivity contribution is -0.385. The smallest absolute Gasteiger partial charge is 0.258 e. The van der Waals surface area contributed by atoms with Gasteiger partial charge in [-0.3, -0.25) is 40.5 Å². The summed E-state index contributed by atoms with van der Waals surface area (Å²) in [6.45, 7) is -2.91. The second-order valence-corrected chi connectivity index (χ2v) is 19.7. The van der Waals surface area contributed by atoms with Crippen LogP contribution < -0.4 is 9.44 Å². The molecule has 0 aliphatic rings. The Morgan fingerprint density at radius 1 is 0.383 bits per heavy atom. The van der Waals surface area contributed by atoms with Crippen LogP contribution in [0.4, 0.5) is 22.7 Å². The van der Waals surface area contributed by atoms with Crippen molar-refractivity contribution >= 4 is 62.8 Å². The minimum atomic E-state index is -4.59. The van der Waals surface area contributed by atoms with Gasteiger partial charge in [-0.2, -0.15) is 8.61 Å². The Bertz CT molecular complexity index is 2480. The fourth-order valence-electron chi connectivity index (χ4n) is 5.29. The molecule has 24 nitrogen and oxygen atoms in total. The first-order valence-electron chi connectivity index (χ1n) is 17.0. The maximum Gasteiger partial charge on any atom is 0.269 e. The van der Waals surface area contributed by atoms with Crippen molar-refractivity contribution < 1.29 is 53.4 Å². The Hall–Kier alpha value is -5.88. The summed E-state index contributed by atoms with van der Waals surface area (Å²) >= 11 is 0. The van der Waals surface area contributed by atoms with Crippen molar-refractivity contribution in [3.05, 3.63) is 138 Å². The number of benzene rings is 4. The highest BCUT2D eigenvalue weighted by Gasteiger charge is 2.30. The molecule has 0 bridgehead atoms. The summed E-state index contributed by atoms with van der Waals surface area (Å²) < 4.78 is 113. The normalized spacial score (nSPS) is 12.4. The first kappa shape index (κ1) is 46.8. The molecule has 28 heteroatoms. The van der Waals surface area contributed by atoms with Crippen LogP contribution in [-0.2, 0) is 40.1 Å². The molecule has 0 heterocycles. The molecule has 0 atom stereocenters. The van der Waals surface area contributed by atoms with Gasteiger partial charge in [0.15, 0.2) is 0 Å². The van der Waals surface area contributed by atoms with Gasteiger partial charge in [0.2, 0.25) is 40.1 Å². The molecule has 0 saturated carbocycles. The number of nitrogens with zero attached hydrogens (tertiary/aromatic N) is 6. The molecule has 0 unspecified atom stereocenters. The summed E-state index contributed by atoms with van der Waals surface area (Å²) in [4.78, 5) is 39.8. The number of hydrogen-bond donors (Lipinski definition) is 2. The summed E-state index contributed by atoms with van der Waals surface area (Å²) in [5.74, 6) is 0. The van der Waals surface area contributed by atoms with Gasteiger partial charge in [-0.1, -0.05) is 0 Å². The molecule has 4 aromatic rings. The average molecular weight is 915 g/mol. The number of non-ortho nitro benzene ring substituents is 4. The van der Waals surface area contributed by atoms with E-state index >= 15 is 0 Å². The third-order valence-corrected chi connectivity index (χ3v) is 15.2. The van der Waals surface area contributed by atoms with Crippen LogP contribution in [0.15, 0.2) is 117 Å². The largest absolute Gasteiger partial charge is 0.269 e. The monoisotopic (exact) mass is 914 g/mol. The summed E-state index contributed by atoms with van der Waals surface area (Å²) in [6, 6.07) is 15.3. The van der Waals surface area contributed by atoms with Gasteiger partial charge >= 0.3 is 0 Å². The topological polar surface area (TPSA) is 340 Å². The van der Waals surface area contributed by atoms with Gasteiger partial charge in [-0.15, -0.1) is 0 Å². The fraction of sp³-hybridized carbons (Fsp3) is 0.250. The standard InChI is InChI=1S/C32H34N8O16S4/c41-37(42)25-3-11-29(12-4-25)57(49,50)33-19-1-21-35(59(53,54)31-15-7-27(8-16-31)39(45)46)23-24-36(60(55,56)32-17-9-28(10-18-32)40(47)48)22-2-20-34-58(51,52)30-13-5-26(6-14-30)38(43)44/h3-18,33-34H,1-2,19-24H2. The maximum atomic E-state index is 13.9. The molecule has 0 amide bonds. The molecule has 0 aliphatic heterocycles. The van der Waals surface area contributed by atoms with Crippen molar-refractivity contribution in [3.63, 3.8) is 0 Å². The molecule has 0 fully saturated rings. The highest BCUT2D eigenvalue weighted by molar-refractivity contribution is 7.90. The van der Waals surface area contributed by atoms with E-state index in [4.69, 9.17) is 0 Å². The molecule has 322 valence electrons. The van der Waals surface area contributed by atoms with E-state index in [1.165, 1.54) is 0 Å². The maximum absolute atomic E-state index is 13.9. The zero-order valence-corrected chi connectivity index (χ0v) is 34.0. The summed E-state index contributed by atoms with van der Waals surface area (Å²) in [7, 11) is -17.7. The number of hydrogen-bond acceptors (Lipinski definition) is 16. The molecular weight excluding hydrogens is 881 g/mol. The van der Waals surface area contributed by atoms with E-state index in [2.05, 4.69) is 9.44 Å². The molecule has 2 N–H and O–H groups in total. The molecule has 60 heavy (non-hydrogen) atoms. The van der Waals surface area contributed by atoms with Crippen molar-refractivity contribution in [2.45, 2.75) is 32.4 Å². The van der Waals surface area contributed by atoms with E-state index in [0.29, 0.717) is 0 Å². The van der Waals surface area contributed by atoms with Gasteiger partial charge in [0, 0.05) is 87.8 Å². The second kappa shape index (κ2) is 19.5. The number of nitro benzene ring substituents is 4. The number of nitrogens with one attached hydrogen (secondary N) is 2. The summed E-state index contributed by atoms with van der Waals surface area (Å²) in [5, 5.41) is 44.3. The van der Waals surface area contributed by atoms with Crippen molar-refractivity contribution in [2.24, 2.45) is 0 Å². The first-order valence-corrected chi connectivity index (χ1v) is 22.9. The van der Waals surface area contributed by atoms with Crippen LogP contribution in [0.2, 0.25) is 0 Å². The minimum Gasteiger partial charge on any atom is -0.258 e. The Kier molecular flexibility index (Phi) is 15.2. The van der Waals surface area contributed by atoms with Crippen LogP contribution in [0.5, 0.6) is 0 Å². The summed E-state index contributed by atoms with van der Waals surface area (Å²) in [6.07, 6.45) is -0.449. The van der Waals surface area contributed by atoms with Crippen molar-refractivity contribution in [1.82, 2.24) is 18.1 Å². The third kappa shape index (κ3) is 11.9. The van der Waals surface area contributed by atoms with Crippen LogP contribution in [0, 0.1) is 40.5 Å². The molecule has 4 aromatic carbocycles. The van der Waals surface area contributed by atoms with E-state index < -0.39 is 107 Å². The molecular formula is C32H34N8O16S4. The van der Waals surface area contributed by atoms with Crippen LogP contribution in [0.1, 0.15) is 12.8 Å². The van der Waals surface area contributed by atoms with Crippen molar-refractivity contribution in [1.29, 1.82) is 0 Å². The number of sulfonamides is 4. The minimum absolute atomic E-state index is 0.224. The van der Waals surface area contributed by atoms with E-state index in [1.807, 2.05) is 0 Å². The van der Waals surface area contributed by atoms with Gasteiger partial charge in [-0.05, 0) is 61.4 Å². The third-order valence-electron chi connectivity index (χ3n) is 8.44. The lowest BCUT2D eigenvalue weighted by Crippen LogP contribution is -2.43. The highest BCUT2D eigenvalue weighted by Crippen LogP contribution is 2.24. The summed E-state index contributed by atoms with van der Waals surface area (Å²) in [5.41, 5.74) is -1.61. The van der Waals surface area contributed by atoms with E-state index in [-0.39, 0.29) is 47.1 Å². The quantitative estimate of drug-likeness (QED) is 0.0614. The predicted octanol–water partition coefficient (Wildman–Crippen LogP) is 2.74. The van der Waals surface area contributed by atoms with Gasteiger partial charge in [0.05, 0.1) is 39.3 Å². The van der Waals surface area contributed by atoms with E-state index in [9.17, 15) is 74.1 Å². The Morgan fingerprint density at radius 3 is 0.850 bits per heavy atom. The first-order chi connectivity index (χ1) is 28.1. The van der Waals surface area contributed by atoms with E-state index in [0.717, 1.165) is 106 Å². The fourth-order valence-corrected chi connectivity index (χ4v) is 10.4. The zero-order chi connectivity index (χ0) is 44.5. The molecule has 4 rings (SSSR count). The molecule has 0 aliphatic carbocycles. The lowest BCUT2D eigenvalue weighted by atomic mass is 10.3. The average Bonchev–Trinajstić information content (AvgIpc) is 3.21. The van der Waals surface area contributed by atoms with Gasteiger partial charge < -0.3 is 0 Å². The predicted molar refractivity (Wildman–Crippen MR) is 210 cm³/mol. The lowest BCUT2D eigenvalue weighted by Gasteiger charge is -2.27. The van der Waals surface area contributed by atoms with Crippen LogP contribution >= 0.6 is 0 Å². The Balaban J connectivity index is 1.58. The van der Waals surface area contributed by atoms with Crippen LogP contribution in [0.3, 0.4) is 0 Å². The highest BCUT2D eigenvalue weighted by atomic mass is 32.2. The second-order valence-electron chi connectivity index (χ2n) is 12.3. The SMILES string of the molecule is O=[N+]([O-])c1ccc(S(=O)(=O)NCCCN(CCN(CCCNS(=O)(=O)c2ccc([N+](=O)[O-])cc2)S(=O)(=O)c2ccc([N+](=O)[O-])cc2)S(=O)(=O)c2ccc([N+](=O)[O-])cc2)cc1. The van der Waals surface area contributed by atoms with Crippen LogP contribution in [0.25, 0.3) is 0 Å². The molecule has 0 saturated heterocycles. The Labute approximate surface area is 342 Å².